The van der Waals surface area contributed by atoms with Gasteiger partial charge in [-0.1, -0.05) is 63.4 Å². The van der Waals surface area contributed by atoms with Crippen LogP contribution in [0.25, 0.3) is 0 Å². The number of unbranched alkanes of at least 4 members (excludes halogenated alkanes) is 1. The topological polar surface area (TPSA) is 49.7 Å². The summed E-state index contributed by atoms with van der Waals surface area (Å²) in [6, 6.07) is 9.20. The summed E-state index contributed by atoms with van der Waals surface area (Å²) in [6.45, 7) is 4.59. The molecular weight excluding hydrogens is 240 g/mol. The van der Waals surface area contributed by atoms with E-state index in [0.717, 1.165) is 24.8 Å². The second-order valence-corrected chi connectivity index (χ2v) is 5.43. The Hall–Kier alpha value is -0.900. The molecule has 3 heteroatoms. The van der Waals surface area contributed by atoms with E-state index in [9.17, 15) is 10.2 Å². The summed E-state index contributed by atoms with van der Waals surface area (Å²) >= 11 is 0. The number of aliphatic hydroxyl groups excluding tert-OH is 2. The standard InChI is InChI=1S/C16H26O3/c1-13(2)8-6-7-11-15(17)12-19-16(18)14-9-4-3-5-10-14/h3-5,9-10,13,15-18H,6-8,11-12H2,1-2H3/t15-,16?/m0/s1. The number of hydrogen-bond donors (Lipinski definition) is 2. The van der Waals surface area contributed by atoms with Crippen LogP contribution < -0.4 is 0 Å². The summed E-state index contributed by atoms with van der Waals surface area (Å²) in [5.74, 6) is 0.716. The number of hydrogen-bond acceptors (Lipinski definition) is 3. The minimum atomic E-state index is -0.952. The van der Waals surface area contributed by atoms with Gasteiger partial charge >= 0.3 is 0 Å². The summed E-state index contributed by atoms with van der Waals surface area (Å²) in [5.41, 5.74) is 0.717. The zero-order valence-corrected chi connectivity index (χ0v) is 12.0. The van der Waals surface area contributed by atoms with E-state index in [1.807, 2.05) is 18.2 Å². The van der Waals surface area contributed by atoms with Crippen molar-refractivity contribution in [3.63, 3.8) is 0 Å². The average molecular weight is 266 g/mol. The minimum absolute atomic E-state index is 0.178. The highest BCUT2D eigenvalue weighted by molar-refractivity contribution is 5.15. The quantitative estimate of drug-likeness (QED) is 0.533. The van der Waals surface area contributed by atoms with Gasteiger partial charge in [0.1, 0.15) is 0 Å². The van der Waals surface area contributed by atoms with Crippen LogP contribution in [0, 0.1) is 5.92 Å². The molecule has 1 rings (SSSR count). The largest absolute Gasteiger partial charge is 0.391 e. The number of ether oxygens (including phenoxy) is 1. The van der Waals surface area contributed by atoms with Crippen molar-refractivity contribution in [3.8, 4) is 0 Å². The Labute approximate surface area is 116 Å². The molecule has 0 aliphatic rings. The third-order valence-corrected chi connectivity index (χ3v) is 3.10. The number of aliphatic hydroxyl groups is 2. The SMILES string of the molecule is CC(C)CCCC[C@H](O)COC(O)c1ccccc1. The summed E-state index contributed by atoms with van der Waals surface area (Å²) in [6.07, 6.45) is 2.62. The van der Waals surface area contributed by atoms with Crippen LogP contribution >= 0.6 is 0 Å². The second kappa shape index (κ2) is 9.08. The molecule has 2 atom stereocenters. The lowest BCUT2D eigenvalue weighted by molar-refractivity contribution is -0.126. The fourth-order valence-corrected chi connectivity index (χ4v) is 1.93. The van der Waals surface area contributed by atoms with E-state index in [1.54, 1.807) is 12.1 Å². The van der Waals surface area contributed by atoms with Gasteiger partial charge in [-0.05, 0) is 12.3 Å². The minimum Gasteiger partial charge on any atom is -0.391 e. The Morgan fingerprint density at radius 3 is 2.26 bits per heavy atom. The summed E-state index contributed by atoms with van der Waals surface area (Å²) < 4.78 is 5.27. The first kappa shape index (κ1) is 16.2. The smallest absolute Gasteiger partial charge is 0.181 e. The van der Waals surface area contributed by atoms with E-state index in [2.05, 4.69) is 13.8 Å². The van der Waals surface area contributed by atoms with Gasteiger partial charge in [-0.2, -0.15) is 0 Å². The maximum absolute atomic E-state index is 9.78. The Morgan fingerprint density at radius 1 is 1.00 bits per heavy atom. The Morgan fingerprint density at radius 2 is 1.63 bits per heavy atom. The summed E-state index contributed by atoms with van der Waals surface area (Å²) in [4.78, 5) is 0. The van der Waals surface area contributed by atoms with Crippen molar-refractivity contribution in [2.24, 2.45) is 5.92 Å². The van der Waals surface area contributed by atoms with Crippen LogP contribution in [0.4, 0.5) is 0 Å². The maximum Gasteiger partial charge on any atom is 0.181 e. The third kappa shape index (κ3) is 7.31. The first-order valence-electron chi connectivity index (χ1n) is 7.12. The van der Waals surface area contributed by atoms with E-state index >= 15 is 0 Å². The van der Waals surface area contributed by atoms with Crippen molar-refractivity contribution in [3.05, 3.63) is 35.9 Å². The highest BCUT2D eigenvalue weighted by atomic mass is 16.6. The van der Waals surface area contributed by atoms with Crippen LogP contribution in [0.2, 0.25) is 0 Å². The van der Waals surface area contributed by atoms with Gasteiger partial charge in [0.15, 0.2) is 6.29 Å². The van der Waals surface area contributed by atoms with Gasteiger partial charge < -0.3 is 14.9 Å². The monoisotopic (exact) mass is 266 g/mol. The van der Waals surface area contributed by atoms with Crippen LogP contribution in [0.15, 0.2) is 30.3 Å². The molecule has 0 saturated heterocycles. The molecule has 0 aliphatic carbocycles. The number of benzene rings is 1. The Kier molecular flexibility index (Phi) is 7.72. The molecule has 0 aliphatic heterocycles. The molecule has 0 fully saturated rings. The second-order valence-electron chi connectivity index (χ2n) is 5.43. The van der Waals surface area contributed by atoms with E-state index in [0.29, 0.717) is 5.92 Å². The van der Waals surface area contributed by atoms with Gasteiger partial charge in [-0.3, -0.25) is 0 Å². The molecule has 19 heavy (non-hydrogen) atoms. The van der Waals surface area contributed by atoms with Crippen molar-refractivity contribution < 1.29 is 14.9 Å². The normalized spacial score (nSPS) is 14.6. The maximum atomic E-state index is 9.78. The van der Waals surface area contributed by atoms with Gasteiger partial charge in [0.25, 0.3) is 0 Å². The lowest BCUT2D eigenvalue weighted by Gasteiger charge is -2.16. The first-order chi connectivity index (χ1) is 9.09. The molecule has 0 radical (unpaired) electrons. The Bertz CT molecular complexity index is 324. The van der Waals surface area contributed by atoms with Crippen molar-refractivity contribution in [1.29, 1.82) is 0 Å². The van der Waals surface area contributed by atoms with E-state index in [-0.39, 0.29) is 6.61 Å². The van der Waals surface area contributed by atoms with E-state index < -0.39 is 12.4 Å². The molecule has 0 spiro atoms. The highest BCUT2D eigenvalue weighted by Crippen LogP contribution is 2.15. The van der Waals surface area contributed by atoms with Crippen LogP contribution in [-0.2, 0) is 4.74 Å². The van der Waals surface area contributed by atoms with Crippen molar-refractivity contribution >= 4 is 0 Å². The fourth-order valence-electron chi connectivity index (χ4n) is 1.93. The molecule has 0 amide bonds. The molecule has 0 heterocycles. The molecule has 1 aromatic rings. The van der Waals surface area contributed by atoms with Crippen molar-refractivity contribution in [2.45, 2.75) is 51.9 Å². The molecule has 1 unspecified atom stereocenters. The first-order valence-corrected chi connectivity index (χ1v) is 7.12. The van der Waals surface area contributed by atoms with Crippen molar-refractivity contribution in [1.82, 2.24) is 0 Å². The molecule has 0 bridgehead atoms. The molecule has 0 saturated carbocycles. The molecule has 3 nitrogen and oxygen atoms in total. The van der Waals surface area contributed by atoms with E-state index in [4.69, 9.17) is 4.74 Å². The lowest BCUT2D eigenvalue weighted by atomic mass is 10.0. The van der Waals surface area contributed by atoms with Gasteiger partial charge in [0.05, 0.1) is 12.7 Å². The molecule has 0 aromatic heterocycles. The molecule has 2 N–H and O–H groups in total. The Balaban J connectivity index is 2.14. The molecule has 1 aromatic carbocycles. The average Bonchev–Trinajstić information content (AvgIpc) is 2.41. The van der Waals surface area contributed by atoms with Crippen LogP contribution in [0.3, 0.4) is 0 Å². The van der Waals surface area contributed by atoms with E-state index in [1.165, 1.54) is 6.42 Å². The van der Waals surface area contributed by atoms with Crippen molar-refractivity contribution in [2.75, 3.05) is 6.61 Å². The van der Waals surface area contributed by atoms with Gasteiger partial charge in [0.2, 0.25) is 0 Å². The fraction of sp³-hybridized carbons (Fsp3) is 0.625. The van der Waals surface area contributed by atoms with Gasteiger partial charge in [0, 0.05) is 5.56 Å². The van der Waals surface area contributed by atoms with Crippen LogP contribution in [-0.4, -0.2) is 22.9 Å². The molecular formula is C16H26O3. The zero-order valence-electron chi connectivity index (χ0n) is 12.0. The predicted molar refractivity (Wildman–Crippen MR) is 76.7 cm³/mol. The summed E-state index contributed by atoms with van der Waals surface area (Å²) in [7, 11) is 0. The predicted octanol–water partition coefficient (Wildman–Crippen LogP) is 3.27. The van der Waals surface area contributed by atoms with Crippen LogP contribution in [0.5, 0.6) is 0 Å². The van der Waals surface area contributed by atoms with Gasteiger partial charge in [-0.15, -0.1) is 0 Å². The summed E-state index contributed by atoms with van der Waals surface area (Å²) in [5, 5.41) is 19.6. The lowest BCUT2D eigenvalue weighted by Crippen LogP contribution is -2.17. The van der Waals surface area contributed by atoms with Crippen LogP contribution in [0.1, 0.15) is 51.4 Å². The molecule has 108 valence electrons. The van der Waals surface area contributed by atoms with Gasteiger partial charge in [-0.25, -0.2) is 0 Å². The number of rotatable bonds is 9. The highest BCUT2D eigenvalue weighted by Gasteiger charge is 2.10. The zero-order chi connectivity index (χ0) is 14.1. The third-order valence-electron chi connectivity index (χ3n) is 3.10.